The average Bonchev–Trinajstić information content (AvgIpc) is 3.04. The van der Waals surface area contributed by atoms with E-state index < -0.39 is 10.0 Å². The molecule has 1 heterocycles. The topological polar surface area (TPSA) is 105 Å². The first-order chi connectivity index (χ1) is 15.4. The summed E-state index contributed by atoms with van der Waals surface area (Å²) in [5.41, 5.74) is 0.699. The largest absolute Gasteiger partial charge is 0.482 e. The van der Waals surface area contributed by atoms with Gasteiger partial charge in [0.2, 0.25) is 5.91 Å². The Kier molecular flexibility index (Phi) is 6.64. The van der Waals surface area contributed by atoms with Gasteiger partial charge < -0.3 is 10.1 Å². The van der Waals surface area contributed by atoms with Gasteiger partial charge in [0.05, 0.1) is 10.6 Å². The van der Waals surface area contributed by atoms with Crippen molar-refractivity contribution in [1.82, 2.24) is 5.32 Å². The lowest BCUT2D eigenvalue weighted by Gasteiger charge is -2.30. The van der Waals surface area contributed by atoms with Crippen molar-refractivity contribution in [3.8, 4) is 5.75 Å². The number of hydrogen-bond acceptors (Lipinski definition) is 5. The van der Waals surface area contributed by atoms with E-state index in [1.54, 1.807) is 30.3 Å². The Balaban J connectivity index is 1.53. The van der Waals surface area contributed by atoms with Gasteiger partial charge >= 0.3 is 0 Å². The minimum atomic E-state index is -3.89. The van der Waals surface area contributed by atoms with Crippen LogP contribution in [0.5, 0.6) is 5.75 Å². The quantitative estimate of drug-likeness (QED) is 0.649. The fraction of sp³-hybridized carbons (Fsp3) is 0.391. The molecule has 0 spiro atoms. The van der Waals surface area contributed by atoms with E-state index in [4.69, 9.17) is 4.74 Å². The molecule has 9 heteroatoms. The Hall–Kier alpha value is -3.07. The number of ether oxygens (including phenoxy) is 1. The molecule has 1 aliphatic carbocycles. The minimum Gasteiger partial charge on any atom is -0.482 e. The van der Waals surface area contributed by atoms with Crippen LogP contribution in [0.4, 0.5) is 11.4 Å². The van der Waals surface area contributed by atoms with Gasteiger partial charge in [0, 0.05) is 11.7 Å². The number of amides is 2. The molecule has 0 atom stereocenters. The molecule has 32 heavy (non-hydrogen) atoms. The summed E-state index contributed by atoms with van der Waals surface area (Å²) in [6.07, 6.45) is 6.39. The van der Waals surface area contributed by atoms with Crippen LogP contribution in [-0.2, 0) is 19.6 Å². The van der Waals surface area contributed by atoms with Crippen molar-refractivity contribution in [2.75, 3.05) is 22.8 Å². The lowest BCUT2D eigenvalue weighted by molar-refractivity contribution is -0.125. The predicted octanol–water partition coefficient (Wildman–Crippen LogP) is 3.05. The second kappa shape index (κ2) is 9.60. The number of anilines is 2. The molecule has 4 rings (SSSR count). The van der Waals surface area contributed by atoms with Crippen LogP contribution in [0.3, 0.4) is 0 Å². The van der Waals surface area contributed by atoms with E-state index in [0.29, 0.717) is 11.4 Å². The number of hydrogen-bond donors (Lipinski definition) is 2. The number of para-hydroxylation sites is 1. The SMILES string of the molecule is O=C(CN1C(=O)COc2ccc(S(=O)(=O)Nc3ccccc3)cc21)NC1CCCCCC1. The summed E-state index contributed by atoms with van der Waals surface area (Å²) in [6, 6.07) is 13.0. The molecule has 170 valence electrons. The van der Waals surface area contributed by atoms with Crippen LogP contribution in [0.25, 0.3) is 0 Å². The number of nitrogens with one attached hydrogen (secondary N) is 2. The van der Waals surface area contributed by atoms with Crippen LogP contribution >= 0.6 is 0 Å². The number of rotatable bonds is 6. The molecule has 1 aliphatic heterocycles. The first-order valence-electron chi connectivity index (χ1n) is 10.9. The van der Waals surface area contributed by atoms with Crippen LogP contribution in [-0.4, -0.2) is 39.4 Å². The molecule has 0 bridgehead atoms. The molecular weight excluding hydrogens is 430 g/mol. The summed E-state index contributed by atoms with van der Waals surface area (Å²) in [5.74, 6) is -0.279. The van der Waals surface area contributed by atoms with Crippen molar-refractivity contribution in [2.45, 2.75) is 49.5 Å². The lowest BCUT2D eigenvalue weighted by atomic mass is 10.1. The van der Waals surface area contributed by atoms with Crippen LogP contribution in [0, 0.1) is 0 Å². The molecule has 0 saturated heterocycles. The number of carbonyl (C=O) groups is 2. The Morgan fingerprint density at radius 2 is 1.75 bits per heavy atom. The van der Waals surface area contributed by atoms with E-state index in [2.05, 4.69) is 10.0 Å². The van der Waals surface area contributed by atoms with E-state index in [0.717, 1.165) is 25.7 Å². The fourth-order valence-electron chi connectivity index (χ4n) is 4.08. The first-order valence-corrected chi connectivity index (χ1v) is 12.4. The van der Waals surface area contributed by atoms with Crippen molar-refractivity contribution < 1.29 is 22.7 Å². The summed E-state index contributed by atoms with van der Waals surface area (Å²) in [6.45, 7) is -0.376. The summed E-state index contributed by atoms with van der Waals surface area (Å²) in [7, 11) is -3.89. The third-order valence-electron chi connectivity index (χ3n) is 5.73. The van der Waals surface area contributed by atoms with Crippen LogP contribution in [0.2, 0.25) is 0 Å². The molecular formula is C23H27N3O5S. The van der Waals surface area contributed by atoms with Gasteiger partial charge in [-0.25, -0.2) is 8.42 Å². The summed E-state index contributed by atoms with van der Waals surface area (Å²) in [5, 5.41) is 3.03. The van der Waals surface area contributed by atoms with Gasteiger partial charge in [0.15, 0.2) is 6.61 Å². The van der Waals surface area contributed by atoms with Gasteiger partial charge in [0.25, 0.3) is 15.9 Å². The highest BCUT2D eigenvalue weighted by Crippen LogP contribution is 2.34. The highest BCUT2D eigenvalue weighted by Gasteiger charge is 2.30. The number of sulfonamides is 1. The molecule has 8 nitrogen and oxygen atoms in total. The Labute approximate surface area is 188 Å². The van der Waals surface area contributed by atoms with Crippen molar-refractivity contribution in [2.24, 2.45) is 0 Å². The monoisotopic (exact) mass is 457 g/mol. The third kappa shape index (κ3) is 5.21. The number of fused-ring (bicyclic) bond motifs is 1. The summed E-state index contributed by atoms with van der Waals surface area (Å²) < 4.78 is 33.7. The highest BCUT2D eigenvalue weighted by atomic mass is 32.2. The maximum Gasteiger partial charge on any atom is 0.265 e. The van der Waals surface area contributed by atoms with Gasteiger partial charge in [0.1, 0.15) is 12.3 Å². The zero-order valence-electron chi connectivity index (χ0n) is 17.7. The number of nitrogens with zero attached hydrogens (tertiary/aromatic N) is 1. The van der Waals surface area contributed by atoms with Gasteiger partial charge in [-0.1, -0.05) is 43.9 Å². The zero-order valence-corrected chi connectivity index (χ0v) is 18.6. The fourth-order valence-corrected chi connectivity index (χ4v) is 5.16. The van der Waals surface area contributed by atoms with Crippen LogP contribution in [0.15, 0.2) is 53.4 Å². The van der Waals surface area contributed by atoms with E-state index in [1.165, 1.54) is 35.9 Å². The summed E-state index contributed by atoms with van der Waals surface area (Å²) in [4.78, 5) is 26.5. The normalized spacial score (nSPS) is 17.1. The molecule has 1 saturated carbocycles. The molecule has 0 radical (unpaired) electrons. The first kappa shape index (κ1) is 22.1. The molecule has 2 aromatic rings. The minimum absolute atomic E-state index is 0.0208. The molecule has 0 aromatic heterocycles. The van der Waals surface area contributed by atoms with Crippen molar-refractivity contribution in [3.63, 3.8) is 0 Å². The second-order valence-corrected chi connectivity index (χ2v) is 9.81. The molecule has 2 N–H and O–H groups in total. The standard InChI is InChI=1S/C23H27N3O5S/c27-22(24-17-8-4-1-2-5-9-17)15-26-20-14-19(12-13-21(20)31-16-23(26)28)32(29,30)25-18-10-6-3-7-11-18/h3,6-7,10-14,17,25H,1-2,4-5,8-9,15-16H2,(H,24,27). The maximum atomic E-state index is 12.9. The average molecular weight is 458 g/mol. The molecule has 2 aromatic carbocycles. The van der Waals surface area contributed by atoms with Gasteiger partial charge in [-0.05, 0) is 43.2 Å². The predicted molar refractivity (Wildman–Crippen MR) is 121 cm³/mol. The van der Waals surface area contributed by atoms with Crippen LogP contribution < -0.4 is 19.7 Å². The second-order valence-electron chi connectivity index (χ2n) is 8.13. The molecule has 0 unspecified atom stereocenters. The van der Waals surface area contributed by atoms with Crippen molar-refractivity contribution in [1.29, 1.82) is 0 Å². The lowest BCUT2D eigenvalue weighted by Crippen LogP contribution is -2.47. The van der Waals surface area contributed by atoms with E-state index in [9.17, 15) is 18.0 Å². The molecule has 2 aliphatic rings. The van der Waals surface area contributed by atoms with E-state index in [-0.39, 0.29) is 41.6 Å². The number of carbonyl (C=O) groups excluding carboxylic acids is 2. The number of benzene rings is 2. The third-order valence-corrected chi connectivity index (χ3v) is 7.11. The van der Waals surface area contributed by atoms with Gasteiger partial charge in [-0.2, -0.15) is 0 Å². The van der Waals surface area contributed by atoms with Gasteiger partial charge in [-0.3, -0.25) is 19.2 Å². The zero-order chi connectivity index (χ0) is 22.6. The van der Waals surface area contributed by atoms with Crippen LogP contribution in [0.1, 0.15) is 38.5 Å². The summed E-state index contributed by atoms with van der Waals surface area (Å²) >= 11 is 0. The van der Waals surface area contributed by atoms with Crippen molar-refractivity contribution >= 4 is 33.2 Å². The Bertz CT molecular complexity index is 1080. The van der Waals surface area contributed by atoms with Gasteiger partial charge in [-0.15, -0.1) is 0 Å². The Morgan fingerprint density at radius 1 is 1.03 bits per heavy atom. The Morgan fingerprint density at radius 3 is 2.47 bits per heavy atom. The van der Waals surface area contributed by atoms with E-state index >= 15 is 0 Å². The smallest absolute Gasteiger partial charge is 0.265 e. The maximum absolute atomic E-state index is 12.9. The van der Waals surface area contributed by atoms with E-state index in [1.807, 2.05) is 0 Å². The molecule has 1 fully saturated rings. The highest BCUT2D eigenvalue weighted by molar-refractivity contribution is 7.92. The molecule has 2 amide bonds. The van der Waals surface area contributed by atoms with Crippen molar-refractivity contribution in [3.05, 3.63) is 48.5 Å².